The van der Waals surface area contributed by atoms with Gasteiger partial charge >= 0.3 is 5.97 Å². The molecular formula is C6H9FO2. The fraction of sp³-hybridized carbons (Fsp3) is 0.500. The van der Waals surface area contributed by atoms with Gasteiger partial charge in [0.25, 0.3) is 0 Å². The number of ether oxygens (including phenoxy) is 1. The Morgan fingerprint density at radius 1 is 1.67 bits per heavy atom. The molecule has 0 rings (SSSR count). The van der Waals surface area contributed by atoms with Crippen molar-refractivity contribution in [3.8, 4) is 0 Å². The van der Waals surface area contributed by atoms with Gasteiger partial charge in [0.05, 0.1) is 6.26 Å². The molecule has 0 fully saturated rings. The van der Waals surface area contributed by atoms with E-state index in [0.29, 0.717) is 0 Å². The van der Waals surface area contributed by atoms with Crippen LogP contribution >= 0.6 is 0 Å². The minimum Gasteiger partial charge on any atom is -0.433 e. The fourth-order valence-corrected chi connectivity index (χ4v) is 0.215. The van der Waals surface area contributed by atoms with E-state index in [9.17, 15) is 9.18 Å². The third-order valence-electron chi connectivity index (χ3n) is 0.535. The first-order valence-corrected chi connectivity index (χ1v) is 2.55. The number of allylic oxidation sites excluding steroid dienone is 1. The van der Waals surface area contributed by atoms with Crippen LogP contribution in [0, 0.1) is 0 Å². The van der Waals surface area contributed by atoms with Gasteiger partial charge in [0, 0.05) is 0 Å². The lowest BCUT2D eigenvalue weighted by Crippen LogP contribution is -2.00. The summed E-state index contributed by atoms with van der Waals surface area (Å²) in [5.41, 5.74) is 0.830. The minimum atomic E-state index is -1.07. The smallest absolute Gasteiger partial charge is 0.342 e. The van der Waals surface area contributed by atoms with Gasteiger partial charge in [-0.25, -0.2) is 9.18 Å². The second kappa shape index (κ2) is 4.06. The van der Waals surface area contributed by atoms with Crippen molar-refractivity contribution in [1.29, 1.82) is 0 Å². The van der Waals surface area contributed by atoms with Gasteiger partial charge < -0.3 is 4.74 Å². The molecular weight excluding hydrogens is 123 g/mol. The van der Waals surface area contributed by atoms with Crippen molar-refractivity contribution in [2.45, 2.75) is 13.8 Å². The van der Waals surface area contributed by atoms with E-state index < -0.39 is 12.6 Å². The van der Waals surface area contributed by atoms with Crippen molar-refractivity contribution in [3.05, 3.63) is 11.8 Å². The maximum Gasteiger partial charge on any atom is 0.342 e. The molecule has 0 saturated carbocycles. The highest BCUT2D eigenvalue weighted by atomic mass is 19.1. The van der Waals surface area contributed by atoms with Crippen molar-refractivity contribution in [3.63, 3.8) is 0 Å². The number of hydrogen-bond acceptors (Lipinski definition) is 2. The van der Waals surface area contributed by atoms with Crippen LogP contribution in [0.3, 0.4) is 0 Å². The Labute approximate surface area is 53.3 Å². The predicted molar refractivity (Wildman–Crippen MR) is 31.5 cm³/mol. The molecule has 0 heterocycles. The molecule has 0 radical (unpaired) electrons. The van der Waals surface area contributed by atoms with Crippen LogP contribution in [-0.4, -0.2) is 12.6 Å². The summed E-state index contributed by atoms with van der Waals surface area (Å²) in [5, 5.41) is 0. The van der Waals surface area contributed by atoms with E-state index in [-0.39, 0.29) is 0 Å². The molecule has 0 aromatic rings. The molecule has 0 spiro atoms. The van der Waals surface area contributed by atoms with Gasteiger partial charge in [0.15, 0.2) is 6.67 Å². The number of rotatable bonds is 2. The predicted octanol–water partition coefficient (Wildman–Crippen LogP) is 1.42. The zero-order valence-electron chi connectivity index (χ0n) is 5.48. The zero-order valence-corrected chi connectivity index (χ0v) is 5.48. The van der Waals surface area contributed by atoms with Crippen LogP contribution in [-0.2, 0) is 9.53 Å². The summed E-state index contributed by atoms with van der Waals surface area (Å²) in [6, 6.07) is 0. The average Bonchev–Trinajstić information content (AvgIpc) is 1.83. The summed E-state index contributed by atoms with van der Waals surface area (Å²) in [5.74, 6) is -0.851. The number of halogens is 1. The average molecular weight is 132 g/mol. The maximum atomic E-state index is 11.3. The molecule has 9 heavy (non-hydrogen) atoms. The standard InChI is InChI=1S/C6H9FO2/c1-5(2)4-9-6(8)3-7/h4H,3H2,1-2H3. The van der Waals surface area contributed by atoms with Gasteiger partial charge in [0.1, 0.15) is 0 Å². The minimum absolute atomic E-state index is 0.830. The first-order valence-electron chi connectivity index (χ1n) is 2.55. The van der Waals surface area contributed by atoms with Crippen molar-refractivity contribution in [1.82, 2.24) is 0 Å². The second-order valence-electron chi connectivity index (χ2n) is 1.82. The summed E-state index contributed by atoms with van der Waals surface area (Å²) in [6.07, 6.45) is 1.22. The highest BCUT2D eigenvalue weighted by molar-refractivity contribution is 5.71. The van der Waals surface area contributed by atoms with Crippen molar-refractivity contribution < 1.29 is 13.9 Å². The topological polar surface area (TPSA) is 26.3 Å². The molecule has 0 bridgehead atoms. The molecule has 52 valence electrons. The molecule has 0 atom stereocenters. The van der Waals surface area contributed by atoms with Gasteiger partial charge in [0.2, 0.25) is 0 Å². The normalized spacial score (nSPS) is 8.33. The molecule has 0 saturated heterocycles. The molecule has 0 aliphatic rings. The van der Waals surface area contributed by atoms with Crippen LogP contribution in [0.4, 0.5) is 4.39 Å². The largest absolute Gasteiger partial charge is 0.433 e. The monoisotopic (exact) mass is 132 g/mol. The SMILES string of the molecule is CC(C)=COC(=O)CF. The van der Waals surface area contributed by atoms with Gasteiger partial charge in [-0.15, -0.1) is 0 Å². The lowest BCUT2D eigenvalue weighted by Gasteiger charge is -1.92. The van der Waals surface area contributed by atoms with E-state index in [1.807, 2.05) is 0 Å². The van der Waals surface area contributed by atoms with Gasteiger partial charge in [-0.05, 0) is 19.4 Å². The van der Waals surface area contributed by atoms with Crippen LogP contribution in [0.25, 0.3) is 0 Å². The molecule has 0 amide bonds. The Morgan fingerprint density at radius 3 is 2.56 bits per heavy atom. The Morgan fingerprint density at radius 2 is 2.22 bits per heavy atom. The zero-order chi connectivity index (χ0) is 7.28. The summed E-state index contributed by atoms with van der Waals surface area (Å²) in [7, 11) is 0. The number of esters is 1. The Hall–Kier alpha value is -0.860. The fourth-order valence-electron chi connectivity index (χ4n) is 0.215. The quantitative estimate of drug-likeness (QED) is 0.419. The molecule has 0 aliphatic heterocycles. The third kappa shape index (κ3) is 5.00. The summed E-state index contributed by atoms with van der Waals surface area (Å²) < 4.78 is 15.6. The Balaban J connectivity index is 3.50. The van der Waals surface area contributed by atoms with Crippen LogP contribution < -0.4 is 0 Å². The van der Waals surface area contributed by atoms with E-state index in [1.54, 1.807) is 13.8 Å². The first-order chi connectivity index (χ1) is 4.16. The van der Waals surface area contributed by atoms with Gasteiger partial charge in [-0.1, -0.05) is 0 Å². The van der Waals surface area contributed by atoms with E-state index in [2.05, 4.69) is 4.74 Å². The number of carbonyl (C=O) groups excluding carboxylic acids is 1. The summed E-state index contributed by atoms with van der Waals surface area (Å²) >= 11 is 0. The Bertz CT molecular complexity index is 125. The summed E-state index contributed by atoms with van der Waals surface area (Å²) in [4.78, 5) is 10.1. The van der Waals surface area contributed by atoms with Crippen molar-refractivity contribution in [2.75, 3.05) is 6.67 Å². The third-order valence-corrected chi connectivity index (χ3v) is 0.535. The number of carbonyl (C=O) groups is 1. The van der Waals surface area contributed by atoms with Crippen molar-refractivity contribution >= 4 is 5.97 Å². The van der Waals surface area contributed by atoms with E-state index in [0.717, 1.165) is 5.57 Å². The van der Waals surface area contributed by atoms with Gasteiger partial charge in [-0.2, -0.15) is 0 Å². The van der Waals surface area contributed by atoms with Crippen LogP contribution in [0.2, 0.25) is 0 Å². The van der Waals surface area contributed by atoms with Crippen LogP contribution in [0.5, 0.6) is 0 Å². The van der Waals surface area contributed by atoms with E-state index >= 15 is 0 Å². The highest BCUT2D eigenvalue weighted by Gasteiger charge is 1.95. The molecule has 0 aromatic carbocycles. The molecule has 3 heteroatoms. The number of alkyl halides is 1. The maximum absolute atomic E-state index is 11.3. The molecule has 2 nitrogen and oxygen atoms in total. The first kappa shape index (κ1) is 8.14. The molecule has 0 aromatic heterocycles. The highest BCUT2D eigenvalue weighted by Crippen LogP contribution is 1.89. The van der Waals surface area contributed by atoms with Crippen LogP contribution in [0.15, 0.2) is 11.8 Å². The van der Waals surface area contributed by atoms with E-state index in [4.69, 9.17) is 0 Å². The molecule has 0 N–H and O–H groups in total. The Kier molecular flexibility index (Phi) is 3.67. The lowest BCUT2D eigenvalue weighted by molar-refractivity contribution is -0.139. The summed E-state index contributed by atoms with van der Waals surface area (Å²) in [6.45, 7) is 2.45. The van der Waals surface area contributed by atoms with Crippen molar-refractivity contribution in [2.24, 2.45) is 0 Å². The second-order valence-corrected chi connectivity index (χ2v) is 1.82. The van der Waals surface area contributed by atoms with Crippen LogP contribution in [0.1, 0.15) is 13.8 Å². The van der Waals surface area contributed by atoms with Gasteiger partial charge in [-0.3, -0.25) is 0 Å². The lowest BCUT2D eigenvalue weighted by atomic mass is 10.4. The molecule has 0 unspecified atom stereocenters. The number of hydrogen-bond donors (Lipinski definition) is 0. The van der Waals surface area contributed by atoms with E-state index in [1.165, 1.54) is 6.26 Å². The molecule has 0 aliphatic carbocycles.